The zero-order valence-corrected chi connectivity index (χ0v) is 15.9. The van der Waals surface area contributed by atoms with Crippen molar-refractivity contribution in [1.82, 2.24) is 14.8 Å². The average molecular weight is 387 g/mol. The van der Waals surface area contributed by atoms with E-state index in [1.54, 1.807) is 36.2 Å². The lowest BCUT2D eigenvalue weighted by atomic mass is 10.1. The summed E-state index contributed by atoms with van der Waals surface area (Å²) < 4.78 is 18.4. The number of benzene rings is 1. The van der Waals surface area contributed by atoms with E-state index in [0.717, 1.165) is 11.0 Å². The minimum Gasteiger partial charge on any atom is -0.463 e. The van der Waals surface area contributed by atoms with Gasteiger partial charge in [-0.1, -0.05) is 18.2 Å². The summed E-state index contributed by atoms with van der Waals surface area (Å²) in [4.78, 5) is 17.6. The highest BCUT2D eigenvalue weighted by Crippen LogP contribution is 2.28. The second kappa shape index (κ2) is 6.63. The fourth-order valence-electron chi connectivity index (χ4n) is 3.48. The molecule has 0 unspecified atom stereocenters. The first kappa shape index (κ1) is 17.2. The van der Waals surface area contributed by atoms with E-state index in [-0.39, 0.29) is 6.61 Å². The Morgan fingerprint density at radius 1 is 1.17 bits per heavy atom. The monoisotopic (exact) mass is 387 g/mol. The zero-order chi connectivity index (χ0) is 20.0. The van der Waals surface area contributed by atoms with Gasteiger partial charge in [0.25, 0.3) is 0 Å². The van der Waals surface area contributed by atoms with Crippen molar-refractivity contribution < 1.29 is 18.4 Å². The van der Waals surface area contributed by atoms with Crippen molar-refractivity contribution in [3.63, 3.8) is 0 Å². The first-order valence-electron chi connectivity index (χ1n) is 9.13. The molecule has 4 heterocycles. The number of hydrogen-bond donors (Lipinski definition) is 0. The van der Waals surface area contributed by atoms with Gasteiger partial charge in [0.15, 0.2) is 11.4 Å². The van der Waals surface area contributed by atoms with Crippen molar-refractivity contribution in [2.45, 2.75) is 13.5 Å². The van der Waals surface area contributed by atoms with E-state index in [1.165, 1.54) is 0 Å². The van der Waals surface area contributed by atoms with Gasteiger partial charge in [0.1, 0.15) is 23.6 Å². The van der Waals surface area contributed by atoms with Gasteiger partial charge in [0.2, 0.25) is 0 Å². The Labute approximate surface area is 165 Å². The number of esters is 1. The summed E-state index contributed by atoms with van der Waals surface area (Å²) in [6.07, 6.45) is 1.56. The number of hydrogen-bond acceptors (Lipinski definition) is 6. The minimum atomic E-state index is -0.471. The van der Waals surface area contributed by atoms with Crippen molar-refractivity contribution in [3.05, 3.63) is 71.8 Å². The van der Waals surface area contributed by atoms with Gasteiger partial charge in [-0.2, -0.15) is 5.10 Å². The molecule has 7 heteroatoms. The summed E-state index contributed by atoms with van der Waals surface area (Å²) in [6.45, 7) is 1.87. The van der Waals surface area contributed by atoms with Gasteiger partial charge in [-0.15, -0.1) is 0 Å². The van der Waals surface area contributed by atoms with Crippen LogP contribution < -0.4 is 0 Å². The summed E-state index contributed by atoms with van der Waals surface area (Å²) in [5.74, 6) is 0.679. The number of para-hydroxylation sites is 1. The molecule has 0 radical (unpaired) electrons. The van der Waals surface area contributed by atoms with Gasteiger partial charge in [-0.05, 0) is 37.3 Å². The molecule has 0 atom stereocenters. The predicted molar refractivity (Wildman–Crippen MR) is 106 cm³/mol. The second-order valence-corrected chi connectivity index (χ2v) is 6.77. The summed E-state index contributed by atoms with van der Waals surface area (Å²) >= 11 is 0. The molecule has 0 aliphatic carbocycles. The van der Waals surface area contributed by atoms with Crippen molar-refractivity contribution in [2.75, 3.05) is 0 Å². The maximum absolute atomic E-state index is 13.0. The fraction of sp³-hybridized carbons (Fsp3) is 0.136. The molecule has 0 bridgehead atoms. The van der Waals surface area contributed by atoms with E-state index in [1.807, 2.05) is 37.3 Å². The zero-order valence-electron chi connectivity index (χ0n) is 15.9. The van der Waals surface area contributed by atoms with Gasteiger partial charge in [-0.3, -0.25) is 4.68 Å². The van der Waals surface area contributed by atoms with Gasteiger partial charge < -0.3 is 13.6 Å². The van der Waals surface area contributed by atoms with E-state index in [0.29, 0.717) is 39.5 Å². The van der Waals surface area contributed by atoms with Crippen LogP contribution >= 0.6 is 0 Å². The lowest BCUT2D eigenvalue weighted by Crippen LogP contribution is -2.07. The third kappa shape index (κ3) is 2.97. The van der Waals surface area contributed by atoms with Crippen LogP contribution in [0.25, 0.3) is 33.5 Å². The van der Waals surface area contributed by atoms with Crippen LogP contribution in [0.3, 0.4) is 0 Å². The Morgan fingerprint density at radius 3 is 2.83 bits per heavy atom. The highest BCUT2D eigenvalue weighted by Gasteiger charge is 2.21. The van der Waals surface area contributed by atoms with E-state index in [2.05, 4.69) is 10.1 Å². The molecule has 0 saturated heterocycles. The lowest BCUT2D eigenvalue weighted by Gasteiger charge is -2.07. The molecule has 5 aromatic rings. The van der Waals surface area contributed by atoms with Crippen molar-refractivity contribution in [2.24, 2.45) is 7.05 Å². The van der Waals surface area contributed by atoms with E-state index in [9.17, 15) is 4.79 Å². The molecule has 7 nitrogen and oxygen atoms in total. The minimum absolute atomic E-state index is 0.0344. The van der Waals surface area contributed by atoms with Crippen LogP contribution in [-0.2, 0) is 18.4 Å². The topological polar surface area (TPSA) is 83.3 Å². The average Bonchev–Trinajstić information content (AvgIpc) is 3.45. The van der Waals surface area contributed by atoms with E-state index in [4.69, 9.17) is 13.6 Å². The Balaban J connectivity index is 1.51. The summed E-state index contributed by atoms with van der Waals surface area (Å²) in [5.41, 5.74) is 2.99. The Kier molecular flexibility index (Phi) is 3.94. The van der Waals surface area contributed by atoms with Gasteiger partial charge >= 0.3 is 5.97 Å². The predicted octanol–water partition coefficient (Wildman–Crippen LogP) is 4.64. The van der Waals surface area contributed by atoms with Gasteiger partial charge in [0, 0.05) is 12.4 Å². The third-order valence-electron chi connectivity index (χ3n) is 4.78. The number of nitrogens with zero attached hydrogens (tertiary/aromatic N) is 3. The Morgan fingerprint density at radius 2 is 2.03 bits per heavy atom. The summed E-state index contributed by atoms with van der Waals surface area (Å²) in [6, 6.07) is 14.8. The number of aromatic nitrogens is 3. The lowest BCUT2D eigenvalue weighted by molar-refractivity contribution is 0.0450. The number of pyridine rings is 1. The molecule has 0 aliphatic heterocycles. The number of ether oxygens (including phenoxy) is 1. The van der Waals surface area contributed by atoms with Crippen LogP contribution in [0.1, 0.15) is 21.8 Å². The third-order valence-corrected chi connectivity index (χ3v) is 4.78. The van der Waals surface area contributed by atoms with Crippen LogP contribution in [0.15, 0.2) is 63.6 Å². The molecule has 5 rings (SSSR count). The number of carbonyl (C=O) groups is 1. The van der Waals surface area contributed by atoms with Crippen molar-refractivity contribution in [1.29, 1.82) is 0 Å². The van der Waals surface area contributed by atoms with Crippen LogP contribution in [0.5, 0.6) is 0 Å². The number of fused-ring (bicyclic) bond motifs is 2. The largest absolute Gasteiger partial charge is 0.463 e. The van der Waals surface area contributed by atoms with E-state index >= 15 is 0 Å². The smallest absolute Gasteiger partial charge is 0.339 e. The first-order chi connectivity index (χ1) is 14.1. The number of furan rings is 2. The van der Waals surface area contributed by atoms with Crippen LogP contribution in [0.2, 0.25) is 0 Å². The second-order valence-electron chi connectivity index (χ2n) is 6.77. The number of rotatable bonds is 4. The number of carbonyl (C=O) groups excluding carboxylic acids is 1. The molecule has 4 aromatic heterocycles. The molecule has 0 spiro atoms. The SMILES string of the molecule is Cc1nn(C)c2nc(-c3ccco3)cc(C(=O)OCc3cc4ccccc4o3)c12. The van der Waals surface area contributed by atoms with Crippen molar-refractivity contribution >= 4 is 28.0 Å². The number of aryl methyl sites for hydroxylation is 2. The maximum Gasteiger partial charge on any atom is 0.339 e. The Bertz CT molecular complexity index is 1310. The highest BCUT2D eigenvalue weighted by molar-refractivity contribution is 6.04. The fourth-order valence-corrected chi connectivity index (χ4v) is 3.48. The molecule has 1 aromatic carbocycles. The molecule has 0 fully saturated rings. The van der Waals surface area contributed by atoms with Gasteiger partial charge in [0.05, 0.1) is 22.9 Å². The summed E-state index contributed by atoms with van der Waals surface area (Å²) in [5, 5.41) is 6.03. The molecule has 144 valence electrons. The summed E-state index contributed by atoms with van der Waals surface area (Å²) in [7, 11) is 1.79. The van der Waals surface area contributed by atoms with Crippen LogP contribution in [0, 0.1) is 6.92 Å². The molecule has 0 aliphatic rings. The van der Waals surface area contributed by atoms with Crippen LogP contribution in [-0.4, -0.2) is 20.7 Å². The van der Waals surface area contributed by atoms with Gasteiger partial charge in [-0.25, -0.2) is 9.78 Å². The molecular formula is C22H17N3O4. The highest BCUT2D eigenvalue weighted by atomic mass is 16.5. The molecule has 0 amide bonds. The van der Waals surface area contributed by atoms with Crippen LogP contribution in [0.4, 0.5) is 0 Å². The van der Waals surface area contributed by atoms with Crippen molar-refractivity contribution in [3.8, 4) is 11.5 Å². The van der Waals surface area contributed by atoms with E-state index < -0.39 is 5.97 Å². The molecule has 0 N–H and O–H groups in total. The quantitative estimate of drug-likeness (QED) is 0.418. The standard InChI is InChI=1S/C22H17N3O4/c1-13-20-16(11-17(19-8-5-9-27-19)23-21(20)25(2)24-13)22(26)28-12-15-10-14-6-3-4-7-18(14)29-15/h3-11H,12H2,1-2H3. The molecular weight excluding hydrogens is 370 g/mol. The normalized spacial score (nSPS) is 11.4. The maximum atomic E-state index is 13.0. The Hall–Kier alpha value is -3.87. The molecule has 29 heavy (non-hydrogen) atoms. The first-order valence-corrected chi connectivity index (χ1v) is 9.13. The molecule has 0 saturated carbocycles.